The lowest BCUT2D eigenvalue weighted by atomic mass is 9.88. The van der Waals surface area contributed by atoms with Crippen molar-refractivity contribution in [2.75, 3.05) is 21.0 Å². The molecule has 0 amide bonds. The topological polar surface area (TPSA) is 40.8 Å². The van der Waals surface area contributed by atoms with Crippen LogP contribution in [0, 0.1) is 5.82 Å². The third-order valence-corrected chi connectivity index (χ3v) is 7.25. The Hall–Kier alpha value is -3.58. The quantitative estimate of drug-likeness (QED) is 0.256. The summed E-state index contributed by atoms with van der Waals surface area (Å²) in [6.07, 6.45) is 3.71. The molecule has 2 aliphatic heterocycles. The molecule has 0 aliphatic carbocycles. The van der Waals surface area contributed by atoms with Crippen LogP contribution in [-0.4, -0.2) is 21.0 Å². The second-order valence-corrected chi connectivity index (χ2v) is 9.09. The van der Waals surface area contributed by atoms with Crippen molar-refractivity contribution < 1.29 is 44.9 Å². The Kier molecular flexibility index (Phi) is 5.41. The molecule has 0 radical (unpaired) electrons. The third kappa shape index (κ3) is 3.22. The van der Waals surface area contributed by atoms with Gasteiger partial charge in [-0.3, -0.25) is 0 Å². The Bertz CT molecular complexity index is 1680. The summed E-state index contributed by atoms with van der Waals surface area (Å²) in [6, 6.07) is 15.2. The molecule has 5 nitrogen and oxygen atoms in total. The van der Waals surface area contributed by atoms with Gasteiger partial charge in [0.05, 0.1) is 30.4 Å². The number of pyridine rings is 1. The predicted molar refractivity (Wildman–Crippen MR) is 131 cm³/mol. The molecule has 36 heavy (non-hydrogen) atoms. The summed E-state index contributed by atoms with van der Waals surface area (Å²) in [5.41, 5.74) is 4.60. The van der Waals surface area contributed by atoms with E-state index in [1.807, 2.05) is 18.2 Å². The first-order valence-electron chi connectivity index (χ1n) is 11.7. The number of aromatic nitrogens is 1. The van der Waals surface area contributed by atoms with E-state index in [0.29, 0.717) is 12.2 Å². The number of hydrogen-bond donors (Lipinski definition) is 0. The maximum Gasteiger partial charge on any atom is 0.231 e. The Morgan fingerprint density at radius 3 is 2.53 bits per heavy atom. The SMILES string of the molecule is COc1ccc2c(c[n+]3c4c2cc(Cc2ccc(F)cc2)c2c5c(cc(c24)CC3)OCO5)c1OC.[Br-]. The highest BCUT2D eigenvalue weighted by molar-refractivity contribution is 6.18. The maximum atomic E-state index is 13.6. The van der Waals surface area contributed by atoms with Crippen molar-refractivity contribution in [1.29, 1.82) is 0 Å². The fraction of sp³-hybridized carbons (Fsp3) is 0.207. The highest BCUT2D eigenvalue weighted by Gasteiger charge is 2.31. The van der Waals surface area contributed by atoms with Gasteiger partial charge in [0.1, 0.15) is 5.82 Å². The number of fused-ring (bicyclic) bond motifs is 4. The molecule has 2 aliphatic rings. The first-order chi connectivity index (χ1) is 17.2. The van der Waals surface area contributed by atoms with Crippen LogP contribution < -0.4 is 40.5 Å². The van der Waals surface area contributed by atoms with E-state index < -0.39 is 0 Å². The van der Waals surface area contributed by atoms with Crippen LogP contribution in [0.4, 0.5) is 4.39 Å². The van der Waals surface area contributed by atoms with Gasteiger partial charge in [-0.15, -0.1) is 0 Å². The van der Waals surface area contributed by atoms with Gasteiger partial charge < -0.3 is 35.9 Å². The second kappa shape index (κ2) is 8.52. The molecule has 0 spiro atoms. The van der Waals surface area contributed by atoms with Gasteiger partial charge in [-0.2, -0.15) is 4.57 Å². The number of halogens is 2. The first kappa shape index (κ1) is 22.9. The normalized spacial score (nSPS) is 13.4. The Morgan fingerprint density at radius 1 is 0.917 bits per heavy atom. The summed E-state index contributed by atoms with van der Waals surface area (Å²) in [6.45, 7) is 1.07. The summed E-state index contributed by atoms with van der Waals surface area (Å²) in [7, 11) is 3.34. The maximum absolute atomic E-state index is 13.6. The van der Waals surface area contributed by atoms with E-state index in [-0.39, 0.29) is 29.6 Å². The molecule has 182 valence electrons. The third-order valence-electron chi connectivity index (χ3n) is 7.25. The highest BCUT2D eigenvalue weighted by Crippen LogP contribution is 2.48. The molecular weight excluding hydrogens is 525 g/mol. The Labute approximate surface area is 217 Å². The van der Waals surface area contributed by atoms with E-state index in [1.54, 1.807) is 14.2 Å². The average molecular weight is 548 g/mol. The minimum Gasteiger partial charge on any atom is -1.00 e. The molecule has 3 heterocycles. The van der Waals surface area contributed by atoms with Crippen molar-refractivity contribution in [3.8, 4) is 23.0 Å². The van der Waals surface area contributed by atoms with Crippen LogP contribution >= 0.6 is 0 Å². The van der Waals surface area contributed by atoms with E-state index in [4.69, 9.17) is 18.9 Å². The van der Waals surface area contributed by atoms with Gasteiger partial charge in [-0.1, -0.05) is 12.1 Å². The summed E-state index contributed by atoms with van der Waals surface area (Å²) < 4.78 is 39.1. The number of hydrogen-bond acceptors (Lipinski definition) is 4. The molecule has 5 aromatic rings. The Morgan fingerprint density at radius 2 is 1.75 bits per heavy atom. The van der Waals surface area contributed by atoms with E-state index in [9.17, 15) is 4.39 Å². The van der Waals surface area contributed by atoms with Gasteiger partial charge in [0.2, 0.25) is 12.3 Å². The molecule has 0 atom stereocenters. The molecule has 0 N–H and O–H groups in total. The fourth-order valence-corrected chi connectivity index (χ4v) is 5.74. The highest BCUT2D eigenvalue weighted by atomic mass is 79.9. The van der Waals surface area contributed by atoms with Gasteiger partial charge >= 0.3 is 0 Å². The fourth-order valence-electron chi connectivity index (χ4n) is 5.74. The largest absolute Gasteiger partial charge is 1.00 e. The summed E-state index contributed by atoms with van der Waals surface area (Å²) >= 11 is 0. The molecule has 1 aromatic heterocycles. The lowest BCUT2D eigenvalue weighted by molar-refractivity contribution is -0.670. The van der Waals surface area contributed by atoms with Crippen molar-refractivity contribution >= 4 is 32.4 Å². The van der Waals surface area contributed by atoms with Crippen molar-refractivity contribution in [2.24, 2.45) is 0 Å². The summed E-state index contributed by atoms with van der Waals surface area (Å²) in [4.78, 5) is 0. The standard InChI is InChI=1S/C29H23FNO4.BrH/c1-32-23-8-7-20-21-12-18(11-16-3-5-19(30)6-4-16)26-25-17(13-24-29(26)35-15-34-24)9-10-31(27(21)25)14-22(20)28(23)33-2;/h3-8,12-14H,9-11,15H2,1-2H3;1H/q+1;/p-1. The monoisotopic (exact) mass is 547 g/mol. The molecule has 7 rings (SSSR count). The minimum atomic E-state index is -0.237. The van der Waals surface area contributed by atoms with Gasteiger partial charge in [0.15, 0.2) is 35.7 Å². The molecular formula is C29H23BrFNO4. The van der Waals surface area contributed by atoms with E-state index in [2.05, 4.69) is 29.0 Å². The number of nitrogens with zero attached hydrogens (tertiary/aromatic N) is 1. The van der Waals surface area contributed by atoms with Crippen LogP contribution in [0.2, 0.25) is 0 Å². The first-order valence-corrected chi connectivity index (χ1v) is 11.7. The molecule has 0 saturated carbocycles. The van der Waals surface area contributed by atoms with Crippen molar-refractivity contribution in [2.45, 2.75) is 19.4 Å². The van der Waals surface area contributed by atoms with E-state index in [0.717, 1.165) is 62.9 Å². The Balaban J connectivity index is 0.00000240. The van der Waals surface area contributed by atoms with Crippen molar-refractivity contribution in [3.63, 3.8) is 0 Å². The van der Waals surface area contributed by atoms with Gasteiger partial charge in [0.25, 0.3) is 0 Å². The average Bonchev–Trinajstić information content (AvgIpc) is 3.35. The number of methoxy groups -OCH3 is 2. The zero-order valence-corrected chi connectivity index (χ0v) is 21.4. The van der Waals surface area contributed by atoms with Crippen LogP contribution in [0.25, 0.3) is 32.4 Å². The lowest BCUT2D eigenvalue weighted by Crippen LogP contribution is -3.00. The zero-order chi connectivity index (χ0) is 23.7. The van der Waals surface area contributed by atoms with E-state index >= 15 is 0 Å². The molecule has 7 heteroatoms. The molecule has 0 unspecified atom stereocenters. The molecule has 0 saturated heterocycles. The lowest BCUT2D eigenvalue weighted by Gasteiger charge is -2.20. The van der Waals surface area contributed by atoms with Crippen molar-refractivity contribution in [3.05, 3.63) is 77.2 Å². The van der Waals surface area contributed by atoms with Crippen LogP contribution in [-0.2, 0) is 19.4 Å². The van der Waals surface area contributed by atoms with Gasteiger partial charge in [-0.05, 0) is 59.5 Å². The molecule has 0 fully saturated rings. The summed E-state index contributed by atoms with van der Waals surface area (Å²) in [5.74, 6) is 2.79. The van der Waals surface area contributed by atoms with Gasteiger partial charge in [0, 0.05) is 17.2 Å². The molecule has 4 aromatic carbocycles. The van der Waals surface area contributed by atoms with Crippen molar-refractivity contribution in [1.82, 2.24) is 0 Å². The van der Waals surface area contributed by atoms with Gasteiger partial charge in [-0.25, -0.2) is 4.39 Å². The number of aryl methyl sites for hydroxylation is 2. The number of benzene rings is 4. The van der Waals surface area contributed by atoms with E-state index in [1.165, 1.54) is 28.6 Å². The second-order valence-electron chi connectivity index (χ2n) is 9.09. The predicted octanol–water partition coefficient (Wildman–Crippen LogP) is 2.47. The zero-order valence-electron chi connectivity index (χ0n) is 19.9. The van der Waals surface area contributed by atoms with Crippen LogP contribution in [0.1, 0.15) is 16.7 Å². The number of rotatable bonds is 4. The van der Waals surface area contributed by atoms with Crippen LogP contribution in [0.5, 0.6) is 23.0 Å². The smallest absolute Gasteiger partial charge is 0.231 e. The minimum absolute atomic E-state index is 0. The van der Waals surface area contributed by atoms with Crippen LogP contribution in [0.3, 0.4) is 0 Å². The van der Waals surface area contributed by atoms with Crippen LogP contribution in [0.15, 0.2) is 54.7 Å². The molecule has 0 bridgehead atoms. The number of ether oxygens (including phenoxy) is 4. The summed E-state index contributed by atoms with van der Waals surface area (Å²) in [5, 5.41) is 5.54.